The van der Waals surface area contributed by atoms with Gasteiger partial charge in [-0.1, -0.05) is 12.1 Å². The number of hydrogen-bond acceptors (Lipinski definition) is 2. The van der Waals surface area contributed by atoms with E-state index >= 15 is 0 Å². The third-order valence-electron chi connectivity index (χ3n) is 2.42. The smallest absolute Gasteiger partial charge is 0.0652 e. The Morgan fingerprint density at radius 3 is 2.73 bits per heavy atom. The average molecular weight is 204 g/mol. The summed E-state index contributed by atoms with van der Waals surface area (Å²) in [6.07, 6.45) is 4.38. The SMILES string of the molecule is C1CCOC1.Cc1ccc2cn[nH]c2c1. The highest BCUT2D eigenvalue weighted by Gasteiger charge is 1.94. The van der Waals surface area contributed by atoms with Crippen LogP contribution in [-0.2, 0) is 4.74 Å². The molecule has 1 fully saturated rings. The second-order valence-corrected chi connectivity index (χ2v) is 3.78. The number of nitrogens with zero attached hydrogens (tertiary/aromatic N) is 1. The van der Waals surface area contributed by atoms with Gasteiger partial charge in [0.05, 0.1) is 11.7 Å². The normalized spacial score (nSPS) is 15.0. The minimum absolute atomic E-state index is 1.00. The minimum atomic E-state index is 1.00. The number of fused-ring (bicyclic) bond motifs is 1. The maximum absolute atomic E-state index is 4.94. The molecule has 1 saturated heterocycles. The fraction of sp³-hybridized carbons (Fsp3) is 0.417. The van der Waals surface area contributed by atoms with Gasteiger partial charge in [-0.2, -0.15) is 5.10 Å². The van der Waals surface area contributed by atoms with Gasteiger partial charge >= 0.3 is 0 Å². The van der Waals surface area contributed by atoms with E-state index in [4.69, 9.17) is 4.74 Å². The summed E-state index contributed by atoms with van der Waals surface area (Å²) in [4.78, 5) is 0. The van der Waals surface area contributed by atoms with Crippen molar-refractivity contribution in [3.05, 3.63) is 30.0 Å². The van der Waals surface area contributed by atoms with E-state index in [1.807, 2.05) is 6.20 Å². The first-order valence-corrected chi connectivity index (χ1v) is 5.34. The molecule has 1 aromatic carbocycles. The first-order chi connectivity index (χ1) is 7.36. The van der Waals surface area contributed by atoms with Gasteiger partial charge < -0.3 is 4.74 Å². The lowest BCUT2D eigenvalue weighted by Crippen LogP contribution is -1.74. The highest BCUT2D eigenvalue weighted by molar-refractivity contribution is 5.78. The highest BCUT2D eigenvalue weighted by Crippen LogP contribution is 2.10. The summed E-state index contributed by atoms with van der Waals surface area (Å²) in [7, 11) is 0. The minimum Gasteiger partial charge on any atom is -0.381 e. The number of ether oxygens (including phenoxy) is 1. The van der Waals surface area contributed by atoms with Crippen molar-refractivity contribution in [2.75, 3.05) is 13.2 Å². The summed E-state index contributed by atoms with van der Waals surface area (Å²) >= 11 is 0. The fourth-order valence-electron chi connectivity index (χ4n) is 1.56. The van der Waals surface area contributed by atoms with Gasteiger partial charge in [-0.05, 0) is 31.4 Å². The van der Waals surface area contributed by atoms with E-state index in [2.05, 4.69) is 35.3 Å². The lowest BCUT2D eigenvalue weighted by atomic mass is 10.2. The quantitative estimate of drug-likeness (QED) is 0.716. The number of aromatic nitrogens is 2. The van der Waals surface area contributed by atoms with Crippen LogP contribution in [0.2, 0.25) is 0 Å². The van der Waals surface area contributed by atoms with Crippen LogP contribution in [0.5, 0.6) is 0 Å². The molecule has 2 heterocycles. The van der Waals surface area contributed by atoms with Gasteiger partial charge in [0.15, 0.2) is 0 Å². The van der Waals surface area contributed by atoms with Crippen molar-refractivity contribution in [3.63, 3.8) is 0 Å². The van der Waals surface area contributed by atoms with E-state index in [0.717, 1.165) is 18.7 Å². The molecule has 0 radical (unpaired) electrons. The van der Waals surface area contributed by atoms with E-state index < -0.39 is 0 Å². The molecule has 1 aromatic heterocycles. The van der Waals surface area contributed by atoms with Crippen LogP contribution in [0.4, 0.5) is 0 Å². The predicted molar refractivity (Wildman–Crippen MR) is 60.9 cm³/mol. The van der Waals surface area contributed by atoms with Gasteiger partial charge in [0, 0.05) is 18.6 Å². The Kier molecular flexibility index (Phi) is 3.35. The van der Waals surface area contributed by atoms with E-state index in [1.54, 1.807) is 0 Å². The number of aryl methyl sites for hydroxylation is 1. The molecule has 80 valence electrons. The van der Waals surface area contributed by atoms with Crippen LogP contribution in [0.15, 0.2) is 24.4 Å². The van der Waals surface area contributed by atoms with Gasteiger partial charge in [-0.3, -0.25) is 5.10 Å². The number of rotatable bonds is 0. The Morgan fingerprint density at radius 1 is 1.27 bits per heavy atom. The maximum atomic E-state index is 4.94. The molecule has 0 amide bonds. The first kappa shape index (κ1) is 10.2. The molecule has 1 N–H and O–H groups in total. The Morgan fingerprint density at radius 2 is 2.07 bits per heavy atom. The van der Waals surface area contributed by atoms with Gasteiger partial charge in [0.25, 0.3) is 0 Å². The van der Waals surface area contributed by atoms with Crippen LogP contribution >= 0.6 is 0 Å². The van der Waals surface area contributed by atoms with Crippen molar-refractivity contribution >= 4 is 10.9 Å². The monoisotopic (exact) mass is 204 g/mol. The molecule has 3 rings (SSSR count). The second-order valence-electron chi connectivity index (χ2n) is 3.78. The van der Waals surface area contributed by atoms with Crippen molar-refractivity contribution < 1.29 is 4.74 Å². The van der Waals surface area contributed by atoms with Gasteiger partial charge in [0.2, 0.25) is 0 Å². The van der Waals surface area contributed by atoms with Crippen LogP contribution in [0.1, 0.15) is 18.4 Å². The molecule has 0 aliphatic carbocycles. The standard InChI is InChI=1S/C8H8N2.C4H8O/c1-6-2-3-7-5-9-10-8(7)4-6;1-2-4-5-3-1/h2-5H,1H3,(H,9,10);1-4H2. The maximum Gasteiger partial charge on any atom is 0.0652 e. The molecule has 1 aliphatic rings. The van der Waals surface area contributed by atoms with Gasteiger partial charge in [-0.15, -0.1) is 0 Å². The van der Waals surface area contributed by atoms with Crippen LogP contribution in [0.25, 0.3) is 10.9 Å². The topological polar surface area (TPSA) is 37.9 Å². The average Bonchev–Trinajstić information content (AvgIpc) is 2.91. The molecule has 0 unspecified atom stereocenters. The van der Waals surface area contributed by atoms with E-state index in [9.17, 15) is 0 Å². The van der Waals surface area contributed by atoms with Crippen molar-refractivity contribution in [2.24, 2.45) is 0 Å². The molecule has 0 saturated carbocycles. The van der Waals surface area contributed by atoms with Crippen LogP contribution in [0.3, 0.4) is 0 Å². The van der Waals surface area contributed by atoms with Gasteiger partial charge in [0.1, 0.15) is 0 Å². The predicted octanol–water partition coefficient (Wildman–Crippen LogP) is 2.67. The molecule has 1 aliphatic heterocycles. The fourth-order valence-corrected chi connectivity index (χ4v) is 1.56. The largest absolute Gasteiger partial charge is 0.381 e. The molecule has 0 spiro atoms. The van der Waals surface area contributed by atoms with Crippen LogP contribution in [0, 0.1) is 6.92 Å². The molecule has 0 bridgehead atoms. The van der Waals surface area contributed by atoms with Crippen molar-refractivity contribution in [2.45, 2.75) is 19.8 Å². The van der Waals surface area contributed by atoms with E-state index in [-0.39, 0.29) is 0 Å². The van der Waals surface area contributed by atoms with E-state index in [0.29, 0.717) is 0 Å². The third-order valence-corrected chi connectivity index (χ3v) is 2.42. The summed E-state index contributed by atoms with van der Waals surface area (Å²) in [6.45, 7) is 4.07. The zero-order valence-corrected chi connectivity index (χ0v) is 8.99. The number of aromatic amines is 1. The number of hydrogen-bond donors (Lipinski definition) is 1. The van der Waals surface area contributed by atoms with Crippen molar-refractivity contribution in [1.82, 2.24) is 10.2 Å². The summed E-state index contributed by atoms with van der Waals surface area (Å²) in [5, 5.41) is 8.00. The van der Waals surface area contributed by atoms with Crippen molar-refractivity contribution in [3.8, 4) is 0 Å². The van der Waals surface area contributed by atoms with Crippen molar-refractivity contribution in [1.29, 1.82) is 0 Å². The molecule has 3 nitrogen and oxygen atoms in total. The Bertz CT molecular complexity index is 411. The zero-order chi connectivity index (χ0) is 10.5. The van der Waals surface area contributed by atoms with Crippen LogP contribution in [-0.4, -0.2) is 23.4 Å². The Labute approximate surface area is 89.4 Å². The Balaban J connectivity index is 0.000000144. The summed E-state index contributed by atoms with van der Waals surface area (Å²) in [5.41, 5.74) is 2.37. The van der Waals surface area contributed by atoms with Gasteiger partial charge in [-0.25, -0.2) is 0 Å². The molecule has 0 atom stereocenters. The molecule has 2 aromatic rings. The third kappa shape index (κ3) is 2.80. The Hall–Kier alpha value is -1.35. The summed E-state index contributed by atoms with van der Waals surface area (Å²) in [5.74, 6) is 0. The van der Waals surface area contributed by atoms with E-state index in [1.165, 1.54) is 23.8 Å². The highest BCUT2D eigenvalue weighted by atomic mass is 16.5. The molecular weight excluding hydrogens is 188 g/mol. The second kappa shape index (κ2) is 4.94. The summed E-state index contributed by atoms with van der Waals surface area (Å²) < 4.78 is 4.94. The zero-order valence-electron chi connectivity index (χ0n) is 8.99. The first-order valence-electron chi connectivity index (χ1n) is 5.34. The lowest BCUT2D eigenvalue weighted by molar-refractivity contribution is 0.198. The molecule has 15 heavy (non-hydrogen) atoms. The van der Waals surface area contributed by atoms with Crippen LogP contribution < -0.4 is 0 Å². The number of nitrogens with one attached hydrogen (secondary N) is 1. The molecule has 3 heteroatoms. The molecular formula is C12H16N2O. The lowest BCUT2D eigenvalue weighted by Gasteiger charge is -1.89. The summed E-state index contributed by atoms with van der Waals surface area (Å²) in [6, 6.07) is 6.23. The number of benzene rings is 1. The number of H-pyrrole nitrogens is 1.